The van der Waals surface area contributed by atoms with Crippen molar-refractivity contribution in [3.63, 3.8) is 0 Å². The summed E-state index contributed by atoms with van der Waals surface area (Å²) in [5, 5.41) is 12.0. The van der Waals surface area contributed by atoms with E-state index in [1.807, 2.05) is 0 Å². The third-order valence-corrected chi connectivity index (χ3v) is 3.91. The highest BCUT2D eigenvalue weighted by atomic mass is 19.4. The smallest absolute Gasteiger partial charge is 0.396 e. The van der Waals surface area contributed by atoms with Crippen molar-refractivity contribution in [1.29, 1.82) is 0 Å². The van der Waals surface area contributed by atoms with Gasteiger partial charge in [-0.1, -0.05) is 18.9 Å². The second-order valence-corrected chi connectivity index (χ2v) is 5.39. The molecule has 1 aliphatic carbocycles. The maximum Gasteiger partial charge on any atom is 0.416 e. The van der Waals surface area contributed by atoms with Gasteiger partial charge in [0.2, 0.25) is 0 Å². The lowest BCUT2D eigenvalue weighted by atomic mass is 9.85. The van der Waals surface area contributed by atoms with E-state index in [0.717, 1.165) is 37.8 Å². The molecule has 2 N–H and O–H groups in total. The average molecular weight is 301 g/mol. The van der Waals surface area contributed by atoms with Crippen LogP contribution in [0.5, 0.6) is 0 Å². The quantitative estimate of drug-likeness (QED) is 0.901. The third-order valence-electron chi connectivity index (χ3n) is 3.91. The van der Waals surface area contributed by atoms with Gasteiger partial charge in [0.05, 0.1) is 5.56 Å². The van der Waals surface area contributed by atoms with Gasteiger partial charge in [-0.05, 0) is 31.0 Å². The van der Waals surface area contributed by atoms with Crippen LogP contribution in [-0.4, -0.2) is 23.7 Å². The van der Waals surface area contributed by atoms with Crippen LogP contribution in [-0.2, 0) is 6.18 Å². The molecule has 21 heavy (non-hydrogen) atoms. The molecule has 6 heteroatoms. The van der Waals surface area contributed by atoms with Crippen molar-refractivity contribution in [1.82, 2.24) is 5.32 Å². The molecule has 3 nitrogen and oxygen atoms in total. The molecule has 116 valence electrons. The minimum atomic E-state index is -4.46. The SMILES string of the molecule is O=C(NC1CCCCC1CO)c1cccc(C(F)(F)F)c1. The average Bonchev–Trinajstić information content (AvgIpc) is 2.47. The van der Waals surface area contributed by atoms with E-state index in [0.29, 0.717) is 0 Å². The zero-order valence-corrected chi connectivity index (χ0v) is 11.5. The summed E-state index contributed by atoms with van der Waals surface area (Å²) in [4.78, 5) is 12.1. The van der Waals surface area contributed by atoms with E-state index >= 15 is 0 Å². The number of hydrogen-bond acceptors (Lipinski definition) is 2. The van der Waals surface area contributed by atoms with E-state index in [-0.39, 0.29) is 24.1 Å². The van der Waals surface area contributed by atoms with Crippen molar-refractivity contribution in [3.05, 3.63) is 35.4 Å². The van der Waals surface area contributed by atoms with E-state index in [4.69, 9.17) is 0 Å². The summed E-state index contributed by atoms with van der Waals surface area (Å²) in [5.41, 5.74) is -0.843. The first-order valence-corrected chi connectivity index (χ1v) is 7.01. The number of hydrogen-bond donors (Lipinski definition) is 2. The Hall–Kier alpha value is -1.56. The van der Waals surface area contributed by atoms with Gasteiger partial charge in [-0.3, -0.25) is 4.79 Å². The van der Waals surface area contributed by atoms with Gasteiger partial charge >= 0.3 is 6.18 Å². The molecular formula is C15H18F3NO2. The fourth-order valence-corrected chi connectivity index (χ4v) is 2.70. The van der Waals surface area contributed by atoms with Gasteiger partial charge < -0.3 is 10.4 Å². The number of nitrogens with one attached hydrogen (secondary N) is 1. The van der Waals surface area contributed by atoms with E-state index in [2.05, 4.69) is 5.32 Å². The lowest BCUT2D eigenvalue weighted by Crippen LogP contribution is -2.43. The normalized spacial score (nSPS) is 22.9. The maximum absolute atomic E-state index is 12.6. The third kappa shape index (κ3) is 3.97. The van der Waals surface area contributed by atoms with Crippen LogP contribution < -0.4 is 5.32 Å². The van der Waals surface area contributed by atoms with Crippen LogP contribution in [0.3, 0.4) is 0 Å². The summed E-state index contributed by atoms with van der Waals surface area (Å²) in [7, 11) is 0. The number of halogens is 3. The number of carbonyl (C=O) groups excluding carboxylic acids is 1. The van der Waals surface area contributed by atoms with Gasteiger partial charge in [-0.2, -0.15) is 13.2 Å². The molecule has 0 spiro atoms. The fourth-order valence-electron chi connectivity index (χ4n) is 2.70. The molecule has 1 aromatic carbocycles. The van der Waals surface area contributed by atoms with E-state index < -0.39 is 17.6 Å². The number of aliphatic hydroxyl groups excluding tert-OH is 1. The van der Waals surface area contributed by atoms with Crippen LogP contribution in [0.1, 0.15) is 41.6 Å². The summed E-state index contributed by atoms with van der Waals surface area (Å²) in [5.74, 6) is -0.542. The first-order valence-electron chi connectivity index (χ1n) is 7.01. The lowest BCUT2D eigenvalue weighted by molar-refractivity contribution is -0.137. The molecule has 0 bridgehead atoms. The number of rotatable bonds is 3. The molecule has 0 radical (unpaired) electrons. The van der Waals surface area contributed by atoms with Crippen LogP contribution >= 0.6 is 0 Å². The number of alkyl halides is 3. The molecule has 1 amide bonds. The second kappa shape index (κ2) is 6.47. The summed E-state index contributed by atoms with van der Waals surface area (Å²) in [6, 6.07) is 4.20. The zero-order chi connectivity index (χ0) is 15.5. The lowest BCUT2D eigenvalue weighted by Gasteiger charge is -2.30. The second-order valence-electron chi connectivity index (χ2n) is 5.39. The Labute approximate surface area is 121 Å². The van der Waals surface area contributed by atoms with E-state index in [9.17, 15) is 23.1 Å². The van der Waals surface area contributed by atoms with Crippen LogP contribution in [0, 0.1) is 5.92 Å². The van der Waals surface area contributed by atoms with Crippen LogP contribution in [0.15, 0.2) is 24.3 Å². The van der Waals surface area contributed by atoms with Gasteiger partial charge in [0.15, 0.2) is 0 Å². The Kier molecular flexibility index (Phi) is 4.88. The Bertz CT molecular complexity index is 502. The molecule has 2 atom stereocenters. The molecule has 1 aliphatic rings. The predicted octanol–water partition coefficient (Wildman–Crippen LogP) is 2.99. The topological polar surface area (TPSA) is 49.3 Å². The molecule has 1 fully saturated rings. The van der Waals surface area contributed by atoms with Crippen LogP contribution in [0.2, 0.25) is 0 Å². The number of carbonyl (C=O) groups is 1. The molecule has 1 saturated carbocycles. The minimum absolute atomic E-state index is 0.00733. The molecule has 0 aromatic heterocycles. The molecule has 2 rings (SSSR count). The van der Waals surface area contributed by atoms with Gasteiger partial charge in [0.1, 0.15) is 0 Å². The van der Waals surface area contributed by atoms with Crippen molar-refractivity contribution in [3.8, 4) is 0 Å². The van der Waals surface area contributed by atoms with E-state index in [1.165, 1.54) is 12.1 Å². The van der Waals surface area contributed by atoms with Crippen LogP contribution in [0.4, 0.5) is 13.2 Å². The van der Waals surface area contributed by atoms with Gasteiger partial charge in [0, 0.05) is 24.1 Å². The van der Waals surface area contributed by atoms with E-state index in [1.54, 1.807) is 0 Å². The predicted molar refractivity (Wildman–Crippen MR) is 71.7 cm³/mol. The molecular weight excluding hydrogens is 283 g/mol. The maximum atomic E-state index is 12.6. The Morgan fingerprint density at radius 2 is 2.00 bits per heavy atom. The van der Waals surface area contributed by atoms with Crippen molar-refractivity contribution in [2.75, 3.05) is 6.61 Å². The molecule has 2 unspecified atom stereocenters. The van der Waals surface area contributed by atoms with Crippen molar-refractivity contribution < 1.29 is 23.1 Å². The van der Waals surface area contributed by atoms with Crippen molar-refractivity contribution in [2.24, 2.45) is 5.92 Å². The largest absolute Gasteiger partial charge is 0.416 e. The van der Waals surface area contributed by atoms with Crippen molar-refractivity contribution in [2.45, 2.75) is 37.9 Å². The number of amides is 1. The highest BCUT2D eigenvalue weighted by Gasteiger charge is 2.31. The number of benzene rings is 1. The fraction of sp³-hybridized carbons (Fsp3) is 0.533. The first-order chi connectivity index (χ1) is 9.91. The molecule has 0 aliphatic heterocycles. The Balaban J connectivity index is 2.09. The minimum Gasteiger partial charge on any atom is -0.396 e. The summed E-state index contributed by atoms with van der Waals surface area (Å²) < 4.78 is 37.9. The van der Waals surface area contributed by atoms with Gasteiger partial charge in [-0.15, -0.1) is 0 Å². The zero-order valence-electron chi connectivity index (χ0n) is 11.5. The first kappa shape index (κ1) is 15.8. The van der Waals surface area contributed by atoms with Gasteiger partial charge in [-0.25, -0.2) is 0 Å². The van der Waals surface area contributed by atoms with Crippen molar-refractivity contribution >= 4 is 5.91 Å². The summed E-state index contributed by atoms with van der Waals surface area (Å²) in [6.07, 6.45) is -0.945. The summed E-state index contributed by atoms with van der Waals surface area (Å²) in [6.45, 7) is -0.0203. The highest BCUT2D eigenvalue weighted by Crippen LogP contribution is 2.30. The Morgan fingerprint density at radius 1 is 1.29 bits per heavy atom. The highest BCUT2D eigenvalue weighted by molar-refractivity contribution is 5.94. The molecule has 1 aromatic rings. The molecule has 0 heterocycles. The van der Waals surface area contributed by atoms with Crippen LogP contribution in [0.25, 0.3) is 0 Å². The Morgan fingerprint density at radius 3 is 2.67 bits per heavy atom. The standard InChI is InChI=1S/C15H18F3NO2/c16-15(17,18)12-6-3-5-10(8-12)14(21)19-13-7-2-1-4-11(13)9-20/h3,5-6,8,11,13,20H,1-2,4,7,9H2,(H,19,21). The number of aliphatic hydroxyl groups is 1. The monoisotopic (exact) mass is 301 g/mol. The molecule has 0 saturated heterocycles. The van der Waals surface area contributed by atoms with Gasteiger partial charge in [0.25, 0.3) is 5.91 Å². The summed E-state index contributed by atoms with van der Waals surface area (Å²) >= 11 is 0.